The maximum Gasteiger partial charge on any atom is 0.0923 e. The summed E-state index contributed by atoms with van der Waals surface area (Å²) >= 11 is 0. The predicted octanol–water partition coefficient (Wildman–Crippen LogP) is 5.56. The summed E-state index contributed by atoms with van der Waals surface area (Å²) in [6.07, 6.45) is 13.9. The van der Waals surface area contributed by atoms with Gasteiger partial charge in [-0.1, -0.05) is 69.6 Å². The van der Waals surface area contributed by atoms with Crippen molar-refractivity contribution in [1.29, 1.82) is 0 Å². The molecule has 1 saturated carbocycles. The van der Waals surface area contributed by atoms with Crippen LogP contribution in [0.2, 0.25) is 0 Å². The standard InChI is InChI=1S/C18H26N2/c1-2-4-6-8-12-15(11-7-5-3-1)18-16-13-9-10-14-17(16)19-20-18/h9-10,13-15H,1-8,11-12H2,(H,19,20). The van der Waals surface area contributed by atoms with E-state index >= 15 is 0 Å². The third kappa shape index (κ3) is 3.23. The number of para-hydroxylation sites is 1. The Morgan fingerprint density at radius 3 is 2.10 bits per heavy atom. The van der Waals surface area contributed by atoms with Gasteiger partial charge in [0.15, 0.2) is 0 Å². The molecule has 2 aromatic rings. The molecule has 0 unspecified atom stereocenters. The fourth-order valence-electron chi connectivity index (χ4n) is 3.57. The van der Waals surface area contributed by atoms with E-state index in [1.54, 1.807) is 0 Å². The van der Waals surface area contributed by atoms with Crippen LogP contribution in [-0.2, 0) is 0 Å². The normalized spacial score (nSPS) is 19.8. The summed E-state index contributed by atoms with van der Waals surface area (Å²) in [4.78, 5) is 0. The topological polar surface area (TPSA) is 28.7 Å². The number of hydrogen-bond donors (Lipinski definition) is 1. The summed E-state index contributed by atoms with van der Waals surface area (Å²) in [6, 6.07) is 8.54. The second-order valence-electron chi connectivity index (χ2n) is 6.26. The summed E-state index contributed by atoms with van der Waals surface area (Å²) in [5.41, 5.74) is 2.51. The summed E-state index contributed by atoms with van der Waals surface area (Å²) in [7, 11) is 0. The molecular formula is C18H26N2. The average molecular weight is 270 g/mol. The molecule has 0 bridgehead atoms. The van der Waals surface area contributed by atoms with Crippen LogP contribution in [0.3, 0.4) is 0 Å². The van der Waals surface area contributed by atoms with E-state index < -0.39 is 0 Å². The molecule has 20 heavy (non-hydrogen) atoms. The van der Waals surface area contributed by atoms with Crippen LogP contribution >= 0.6 is 0 Å². The van der Waals surface area contributed by atoms with Crippen LogP contribution in [0.4, 0.5) is 0 Å². The highest BCUT2D eigenvalue weighted by molar-refractivity contribution is 5.81. The highest BCUT2D eigenvalue weighted by atomic mass is 15.1. The third-order valence-electron chi connectivity index (χ3n) is 4.75. The van der Waals surface area contributed by atoms with Gasteiger partial charge in [-0.15, -0.1) is 0 Å². The Bertz CT molecular complexity index is 517. The smallest absolute Gasteiger partial charge is 0.0923 e. The maximum absolute atomic E-state index is 4.48. The molecule has 1 aliphatic carbocycles. The molecule has 3 rings (SSSR count). The predicted molar refractivity (Wildman–Crippen MR) is 85.0 cm³/mol. The van der Waals surface area contributed by atoms with Crippen LogP contribution in [-0.4, -0.2) is 10.2 Å². The van der Waals surface area contributed by atoms with E-state index in [4.69, 9.17) is 0 Å². The maximum atomic E-state index is 4.48. The quantitative estimate of drug-likeness (QED) is 0.722. The highest BCUT2D eigenvalue weighted by Crippen LogP contribution is 2.32. The van der Waals surface area contributed by atoms with E-state index in [1.807, 2.05) is 0 Å². The minimum Gasteiger partial charge on any atom is -0.281 e. The lowest BCUT2D eigenvalue weighted by Gasteiger charge is -2.15. The molecule has 0 spiro atoms. The zero-order chi connectivity index (χ0) is 13.6. The van der Waals surface area contributed by atoms with E-state index in [0.717, 1.165) is 5.52 Å². The fraction of sp³-hybridized carbons (Fsp3) is 0.611. The van der Waals surface area contributed by atoms with Gasteiger partial charge < -0.3 is 0 Å². The number of hydrogen-bond acceptors (Lipinski definition) is 1. The molecule has 1 aromatic heterocycles. The largest absolute Gasteiger partial charge is 0.281 e. The molecule has 0 saturated heterocycles. The Morgan fingerprint density at radius 2 is 1.40 bits per heavy atom. The summed E-state index contributed by atoms with van der Waals surface area (Å²) < 4.78 is 0. The Hall–Kier alpha value is -1.31. The van der Waals surface area contributed by atoms with Crippen molar-refractivity contribution >= 4 is 10.9 Å². The van der Waals surface area contributed by atoms with E-state index in [0.29, 0.717) is 5.92 Å². The van der Waals surface area contributed by atoms with E-state index in [9.17, 15) is 0 Å². The second kappa shape index (κ2) is 6.92. The summed E-state index contributed by atoms with van der Waals surface area (Å²) in [6.45, 7) is 0. The Labute approximate surface area is 122 Å². The van der Waals surface area contributed by atoms with Crippen LogP contribution in [0.1, 0.15) is 75.8 Å². The van der Waals surface area contributed by atoms with Crippen LogP contribution in [0.15, 0.2) is 24.3 Å². The summed E-state index contributed by atoms with van der Waals surface area (Å²) in [5, 5.41) is 9.16. The van der Waals surface area contributed by atoms with Gasteiger partial charge in [-0.3, -0.25) is 5.10 Å². The summed E-state index contributed by atoms with van der Waals surface area (Å²) in [5.74, 6) is 0.681. The van der Waals surface area contributed by atoms with Crippen molar-refractivity contribution in [3.05, 3.63) is 30.0 Å². The lowest BCUT2D eigenvalue weighted by Crippen LogP contribution is -2.01. The Kier molecular flexibility index (Phi) is 4.73. The van der Waals surface area contributed by atoms with Crippen LogP contribution in [0.5, 0.6) is 0 Å². The van der Waals surface area contributed by atoms with Crippen molar-refractivity contribution in [3.8, 4) is 0 Å². The molecule has 0 radical (unpaired) electrons. The van der Waals surface area contributed by atoms with Crippen molar-refractivity contribution in [2.24, 2.45) is 0 Å². The van der Waals surface area contributed by atoms with Gasteiger partial charge in [0, 0.05) is 17.0 Å². The zero-order valence-electron chi connectivity index (χ0n) is 12.4. The molecule has 1 heterocycles. The molecule has 1 aliphatic rings. The van der Waals surface area contributed by atoms with Gasteiger partial charge in [0.25, 0.3) is 0 Å². The molecule has 0 atom stereocenters. The van der Waals surface area contributed by atoms with Crippen molar-refractivity contribution in [2.45, 2.75) is 70.1 Å². The van der Waals surface area contributed by atoms with Gasteiger partial charge in [-0.25, -0.2) is 0 Å². The SMILES string of the molecule is c1ccc2c(C3CCCCCCCCCC3)[nH]nc2c1. The molecular weight excluding hydrogens is 244 g/mol. The second-order valence-corrected chi connectivity index (χ2v) is 6.26. The van der Waals surface area contributed by atoms with Crippen LogP contribution in [0, 0.1) is 0 Å². The molecule has 1 fully saturated rings. The first-order valence-electron chi connectivity index (χ1n) is 8.38. The number of nitrogens with one attached hydrogen (secondary N) is 1. The molecule has 0 amide bonds. The number of fused-ring (bicyclic) bond motifs is 1. The number of aromatic amines is 1. The van der Waals surface area contributed by atoms with Crippen molar-refractivity contribution < 1.29 is 0 Å². The first kappa shape index (κ1) is 13.7. The Morgan fingerprint density at radius 1 is 0.800 bits per heavy atom. The lowest BCUT2D eigenvalue weighted by molar-refractivity contribution is 0.506. The van der Waals surface area contributed by atoms with E-state index in [-0.39, 0.29) is 0 Å². The van der Waals surface area contributed by atoms with Crippen molar-refractivity contribution in [1.82, 2.24) is 10.2 Å². The first-order chi connectivity index (χ1) is 9.95. The highest BCUT2D eigenvalue weighted by Gasteiger charge is 2.16. The Balaban J connectivity index is 1.77. The van der Waals surface area contributed by atoms with Gasteiger partial charge in [0.2, 0.25) is 0 Å². The monoisotopic (exact) mass is 270 g/mol. The molecule has 108 valence electrons. The van der Waals surface area contributed by atoms with Gasteiger partial charge in [0.05, 0.1) is 5.52 Å². The van der Waals surface area contributed by atoms with Crippen molar-refractivity contribution in [2.75, 3.05) is 0 Å². The lowest BCUT2D eigenvalue weighted by atomic mass is 9.91. The van der Waals surface area contributed by atoms with Crippen molar-refractivity contribution in [3.63, 3.8) is 0 Å². The molecule has 2 nitrogen and oxygen atoms in total. The molecule has 1 N–H and O–H groups in total. The number of benzene rings is 1. The fourth-order valence-corrected chi connectivity index (χ4v) is 3.57. The molecule has 0 aliphatic heterocycles. The van der Waals surface area contributed by atoms with Crippen LogP contribution < -0.4 is 0 Å². The first-order valence-corrected chi connectivity index (χ1v) is 8.38. The molecule has 2 heteroatoms. The third-order valence-corrected chi connectivity index (χ3v) is 4.75. The van der Waals surface area contributed by atoms with E-state index in [1.165, 1.54) is 75.3 Å². The molecule has 1 aromatic carbocycles. The number of nitrogens with zero attached hydrogens (tertiary/aromatic N) is 1. The van der Waals surface area contributed by atoms with Crippen LogP contribution in [0.25, 0.3) is 10.9 Å². The minimum absolute atomic E-state index is 0.681. The number of rotatable bonds is 1. The van der Waals surface area contributed by atoms with E-state index in [2.05, 4.69) is 34.5 Å². The zero-order valence-corrected chi connectivity index (χ0v) is 12.4. The van der Waals surface area contributed by atoms with Gasteiger partial charge >= 0.3 is 0 Å². The average Bonchev–Trinajstić information content (AvgIpc) is 2.87. The van der Waals surface area contributed by atoms with Gasteiger partial charge in [0.1, 0.15) is 0 Å². The minimum atomic E-state index is 0.681. The number of aromatic nitrogens is 2. The van der Waals surface area contributed by atoms with Gasteiger partial charge in [-0.05, 0) is 18.9 Å². The van der Waals surface area contributed by atoms with Gasteiger partial charge in [-0.2, -0.15) is 5.10 Å². The number of H-pyrrole nitrogens is 1.